The van der Waals surface area contributed by atoms with Crippen LogP contribution in [-0.2, 0) is 9.53 Å². The Hall–Kier alpha value is -0.650. The van der Waals surface area contributed by atoms with Crippen molar-refractivity contribution in [1.29, 1.82) is 0 Å². The van der Waals surface area contributed by atoms with Crippen molar-refractivity contribution in [2.45, 2.75) is 51.7 Å². The minimum absolute atomic E-state index is 0.0157. The Morgan fingerprint density at radius 1 is 1.05 bits per heavy atom. The van der Waals surface area contributed by atoms with Gasteiger partial charge in [-0.15, -0.1) is 0 Å². The maximum absolute atomic E-state index is 11.5. The van der Waals surface area contributed by atoms with E-state index < -0.39 is 0 Å². The summed E-state index contributed by atoms with van der Waals surface area (Å²) in [5, 5.41) is 8.96. The number of carbonyl (C=O) groups excluding carboxylic acids is 1. The summed E-state index contributed by atoms with van der Waals surface area (Å²) < 4.78 is 5.90. The molecule has 0 aliphatic rings. The molecule has 0 aromatic heterocycles. The van der Waals surface area contributed by atoms with Crippen LogP contribution in [0.2, 0.25) is 0 Å². The highest BCUT2D eigenvalue weighted by Gasteiger charge is 2.23. The van der Waals surface area contributed by atoms with Gasteiger partial charge in [0.25, 0.3) is 0 Å². The van der Waals surface area contributed by atoms with Crippen molar-refractivity contribution in [2.75, 3.05) is 33.8 Å². The van der Waals surface area contributed by atoms with E-state index in [9.17, 15) is 4.79 Å². The molecular formula is C14H31N3O2. The second-order valence-corrected chi connectivity index (χ2v) is 6.17. The van der Waals surface area contributed by atoms with Crippen LogP contribution in [0.15, 0.2) is 0 Å². The predicted molar refractivity (Wildman–Crippen MR) is 79.3 cm³/mol. The summed E-state index contributed by atoms with van der Waals surface area (Å²) in [6, 6.07) is 0. The summed E-state index contributed by atoms with van der Waals surface area (Å²) in [4.78, 5) is 11.5. The van der Waals surface area contributed by atoms with E-state index in [0.29, 0.717) is 13.2 Å². The number of rotatable bonds is 10. The number of hydrogen-bond acceptors (Lipinski definition) is 4. The maximum Gasteiger partial charge on any atom is 0.234 e. The Morgan fingerprint density at radius 3 is 2.21 bits per heavy atom. The maximum atomic E-state index is 11.5. The first-order chi connectivity index (χ1) is 8.72. The second-order valence-electron chi connectivity index (χ2n) is 6.17. The number of nitrogens with one attached hydrogen (secondary N) is 3. The molecule has 0 heterocycles. The third-order valence-corrected chi connectivity index (χ3v) is 3.01. The molecule has 0 aliphatic heterocycles. The van der Waals surface area contributed by atoms with E-state index in [4.69, 9.17) is 4.74 Å². The summed E-state index contributed by atoms with van der Waals surface area (Å²) >= 11 is 0. The van der Waals surface area contributed by atoms with Crippen LogP contribution in [0.3, 0.4) is 0 Å². The van der Waals surface area contributed by atoms with Gasteiger partial charge < -0.3 is 20.7 Å². The number of amides is 1. The van der Waals surface area contributed by atoms with Crippen LogP contribution in [-0.4, -0.2) is 50.8 Å². The molecule has 0 fully saturated rings. The van der Waals surface area contributed by atoms with Crippen molar-refractivity contribution in [1.82, 2.24) is 16.0 Å². The van der Waals surface area contributed by atoms with Crippen molar-refractivity contribution in [3.05, 3.63) is 0 Å². The van der Waals surface area contributed by atoms with Crippen LogP contribution >= 0.6 is 0 Å². The molecule has 0 atom stereocenters. The lowest BCUT2D eigenvalue weighted by molar-refractivity contribution is -0.122. The molecule has 5 heteroatoms. The van der Waals surface area contributed by atoms with E-state index in [-0.39, 0.29) is 17.0 Å². The van der Waals surface area contributed by atoms with Gasteiger partial charge in [-0.2, -0.15) is 0 Å². The van der Waals surface area contributed by atoms with Gasteiger partial charge in [0.1, 0.15) is 0 Å². The normalized spacial score (nSPS) is 12.5. The molecule has 19 heavy (non-hydrogen) atoms. The van der Waals surface area contributed by atoms with Gasteiger partial charge in [0.05, 0.1) is 12.1 Å². The average Bonchev–Trinajstić information content (AvgIpc) is 2.25. The van der Waals surface area contributed by atoms with Gasteiger partial charge in [0, 0.05) is 12.1 Å². The zero-order valence-corrected chi connectivity index (χ0v) is 13.4. The minimum Gasteiger partial charge on any atom is -0.375 e. The third-order valence-electron chi connectivity index (χ3n) is 3.01. The highest BCUT2D eigenvalue weighted by atomic mass is 16.5. The zero-order valence-electron chi connectivity index (χ0n) is 13.4. The lowest BCUT2D eigenvalue weighted by atomic mass is 10.0. The molecule has 0 saturated heterocycles. The highest BCUT2D eigenvalue weighted by Crippen LogP contribution is 2.16. The van der Waals surface area contributed by atoms with Crippen LogP contribution in [0, 0.1) is 0 Å². The van der Waals surface area contributed by atoms with Crippen molar-refractivity contribution >= 4 is 5.91 Å². The van der Waals surface area contributed by atoms with Crippen molar-refractivity contribution in [2.24, 2.45) is 0 Å². The van der Waals surface area contributed by atoms with Crippen molar-refractivity contribution in [3.8, 4) is 0 Å². The van der Waals surface area contributed by atoms with Gasteiger partial charge in [-0.3, -0.25) is 4.79 Å². The third kappa shape index (κ3) is 9.87. The summed E-state index contributed by atoms with van der Waals surface area (Å²) in [6.07, 6.45) is 1.77. The van der Waals surface area contributed by atoms with Gasteiger partial charge in [-0.05, 0) is 61.2 Å². The number of ether oxygens (including phenoxy) is 1. The Labute approximate surface area is 117 Å². The smallest absolute Gasteiger partial charge is 0.234 e. The molecule has 5 nitrogen and oxygen atoms in total. The fourth-order valence-electron chi connectivity index (χ4n) is 1.73. The lowest BCUT2D eigenvalue weighted by Gasteiger charge is -2.30. The van der Waals surface area contributed by atoms with Crippen LogP contribution in [0.1, 0.15) is 40.5 Å². The molecule has 3 N–H and O–H groups in total. The fourth-order valence-corrected chi connectivity index (χ4v) is 1.73. The van der Waals surface area contributed by atoms with Crippen LogP contribution < -0.4 is 16.0 Å². The topological polar surface area (TPSA) is 62.4 Å². The Kier molecular flexibility index (Phi) is 8.22. The summed E-state index contributed by atoms with van der Waals surface area (Å²) in [6.45, 7) is 10.2. The number of hydrogen-bond donors (Lipinski definition) is 3. The monoisotopic (exact) mass is 273 g/mol. The van der Waals surface area contributed by atoms with Crippen LogP contribution in [0.25, 0.3) is 0 Å². The molecule has 0 aromatic rings. The summed E-state index contributed by atoms with van der Waals surface area (Å²) in [7, 11) is 3.70. The number of likely N-dealkylation sites (N-methyl/N-ethyl adjacent to an activating group) is 1. The Balaban J connectivity index is 4.00. The van der Waals surface area contributed by atoms with Gasteiger partial charge in [-0.1, -0.05) is 0 Å². The number of carbonyl (C=O) groups is 1. The average molecular weight is 273 g/mol. The summed E-state index contributed by atoms with van der Waals surface area (Å²) in [5.41, 5.74) is -0.374. The van der Waals surface area contributed by atoms with Crippen molar-refractivity contribution < 1.29 is 9.53 Å². The largest absolute Gasteiger partial charge is 0.375 e. The van der Waals surface area contributed by atoms with E-state index in [0.717, 1.165) is 19.4 Å². The second kappa shape index (κ2) is 8.51. The molecule has 0 rings (SSSR count). The first-order valence-corrected chi connectivity index (χ1v) is 6.96. The van der Waals surface area contributed by atoms with E-state index >= 15 is 0 Å². The SMILES string of the molecule is CNCCC(C)(C)OCCC(C)(C)NC(=O)CNC. The van der Waals surface area contributed by atoms with Crippen LogP contribution in [0.5, 0.6) is 0 Å². The first-order valence-electron chi connectivity index (χ1n) is 6.96. The van der Waals surface area contributed by atoms with Gasteiger partial charge in [-0.25, -0.2) is 0 Å². The molecule has 0 radical (unpaired) electrons. The highest BCUT2D eigenvalue weighted by molar-refractivity contribution is 5.78. The van der Waals surface area contributed by atoms with E-state index in [1.54, 1.807) is 7.05 Å². The molecular weight excluding hydrogens is 242 g/mol. The molecule has 0 saturated carbocycles. The van der Waals surface area contributed by atoms with E-state index in [1.165, 1.54) is 0 Å². The minimum atomic E-state index is -0.243. The Bertz CT molecular complexity index is 265. The standard InChI is InChI=1S/C14H31N3O2/c1-13(2,17-12(18)11-16-6)8-10-19-14(3,4)7-9-15-5/h15-16H,7-11H2,1-6H3,(H,17,18). The molecule has 0 unspecified atom stereocenters. The molecule has 0 bridgehead atoms. The van der Waals surface area contributed by atoms with Gasteiger partial charge in [0.2, 0.25) is 5.91 Å². The van der Waals surface area contributed by atoms with Gasteiger partial charge in [0.15, 0.2) is 0 Å². The first kappa shape index (κ1) is 18.4. The predicted octanol–water partition coefficient (Wildman–Crippen LogP) is 0.895. The Morgan fingerprint density at radius 2 is 1.68 bits per heavy atom. The zero-order chi connectivity index (χ0) is 14.9. The molecule has 0 spiro atoms. The quantitative estimate of drug-likeness (QED) is 0.553. The van der Waals surface area contributed by atoms with E-state index in [2.05, 4.69) is 29.8 Å². The molecule has 0 aromatic carbocycles. The lowest BCUT2D eigenvalue weighted by Crippen LogP contribution is -2.47. The molecule has 114 valence electrons. The molecule has 1 amide bonds. The fraction of sp³-hybridized carbons (Fsp3) is 0.929. The summed E-state index contributed by atoms with van der Waals surface area (Å²) in [5.74, 6) is 0.0157. The van der Waals surface area contributed by atoms with Crippen LogP contribution in [0.4, 0.5) is 0 Å². The van der Waals surface area contributed by atoms with E-state index in [1.807, 2.05) is 20.9 Å². The van der Waals surface area contributed by atoms with Crippen molar-refractivity contribution in [3.63, 3.8) is 0 Å². The van der Waals surface area contributed by atoms with Gasteiger partial charge >= 0.3 is 0 Å². The molecule has 0 aliphatic carbocycles.